The van der Waals surface area contributed by atoms with Crippen molar-refractivity contribution in [1.82, 2.24) is 5.32 Å². The molecular weight excluding hydrogens is 356 g/mol. The molecule has 29 heavy (non-hydrogen) atoms. The summed E-state index contributed by atoms with van der Waals surface area (Å²) in [6.07, 6.45) is 23.9. The van der Waals surface area contributed by atoms with E-state index in [0.29, 0.717) is 18.1 Å². The summed E-state index contributed by atoms with van der Waals surface area (Å²) in [4.78, 5) is 0. The molecule has 172 valence electrons. The van der Waals surface area contributed by atoms with Crippen molar-refractivity contribution in [3.63, 3.8) is 0 Å². The largest absolute Gasteiger partial charge is 0.330 e. The maximum Gasteiger partial charge on any atom is 0.0124 e. The average molecular weight is 409 g/mol. The maximum atomic E-state index is 6.17. The third-order valence-corrected chi connectivity index (χ3v) is 7.66. The smallest absolute Gasteiger partial charge is 0.0124 e. The van der Waals surface area contributed by atoms with E-state index in [4.69, 9.17) is 17.2 Å². The molecule has 0 aliphatic heterocycles. The van der Waals surface area contributed by atoms with Gasteiger partial charge in [-0.15, -0.1) is 0 Å². The summed E-state index contributed by atoms with van der Waals surface area (Å²) >= 11 is 0. The predicted molar refractivity (Wildman–Crippen MR) is 127 cm³/mol. The average Bonchev–Trinajstić information content (AvgIpc) is 2.73. The predicted octanol–water partition coefficient (Wildman–Crippen LogP) is 4.84. The van der Waals surface area contributed by atoms with Crippen LogP contribution in [0.2, 0.25) is 0 Å². The van der Waals surface area contributed by atoms with Crippen LogP contribution in [0, 0.1) is 11.8 Å². The minimum atomic E-state index is 0.451. The van der Waals surface area contributed by atoms with Crippen molar-refractivity contribution in [3.8, 4) is 0 Å². The Hall–Kier alpha value is -0.160. The van der Waals surface area contributed by atoms with Crippen LogP contribution in [0.25, 0.3) is 0 Å². The number of nitrogens with two attached hydrogens (primary N) is 3. The highest BCUT2D eigenvalue weighted by molar-refractivity contribution is 4.90. The fourth-order valence-corrected chi connectivity index (χ4v) is 5.68. The minimum absolute atomic E-state index is 0.451. The molecule has 0 aromatic rings. The molecule has 2 aliphatic rings. The van der Waals surface area contributed by atoms with Crippen LogP contribution in [0.5, 0.6) is 0 Å². The van der Waals surface area contributed by atoms with E-state index in [1.807, 2.05) is 0 Å². The van der Waals surface area contributed by atoms with Gasteiger partial charge in [-0.25, -0.2) is 0 Å². The highest BCUT2D eigenvalue weighted by Gasteiger charge is 2.33. The molecule has 7 N–H and O–H groups in total. The first-order valence-electron chi connectivity index (χ1n) is 13.1. The summed E-state index contributed by atoms with van der Waals surface area (Å²) in [6, 6.07) is 1.61. The van der Waals surface area contributed by atoms with Crippen molar-refractivity contribution in [2.24, 2.45) is 29.0 Å². The summed E-state index contributed by atoms with van der Waals surface area (Å²) in [6.45, 7) is 2.06. The molecule has 2 saturated carbocycles. The van der Waals surface area contributed by atoms with Gasteiger partial charge in [-0.05, 0) is 89.1 Å². The van der Waals surface area contributed by atoms with Crippen molar-refractivity contribution >= 4 is 0 Å². The van der Waals surface area contributed by atoms with Gasteiger partial charge in [0.1, 0.15) is 0 Å². The van der Waals surface area contributed by atoms with Crippen molar-refractivity contribution < 1.29 is 0 Å². The van der Waals surface area contributed by atoms with Gasteiger partial charge in [0.05, 0.1) is 0 Å². The normalized spacial score (nSPS) is 29.1. The van der Waals surface area contributed by atoms with Gasteiger partial charge < -0.3 is 22.5 Å². The number of nitrogens with one attached hydrogen (secondary N) is 1. The molecule has 0 atom stereocenters. The summed E-state index contributed by atoms with van der Waals surface area (Å²) < 4.78 is 0. The van der Waals surface area contributed by atoms with Crippen LogP contribution < -0.4 is 22.5 Å². The summed E-state index contributed by atoms with van der Waals surface area (Å²) in [7, 11) is 0. The lowest BCUT2D eigenvalue weighted by Crippen LogP contribution is -2.47. The Morgan fingerprint density at radius 1 is 0.552 bits per heavy atom. The van der Waals surface area contributed by atoms with Crippen LogP contribution in [-0.4, -0.2) is 31.2 Å². The lowest BCUT2D eigenvalue weighted by atomic mass is 9.72. The third-order valence-electron chi connectivity index (χ3n) is 7.66. The third kappa shape index (κ3) is 10.6. The molecule has 2 fully saturated rings. The zero-order valence-corrected chi connectivity index (χ0v) is 19.3. The second-order valence-corrected chi connectivity index (χ2v) is 10.2. The standard InChI is InChI=1S/C25H52N4/c26-19-9-7-5-3-1-2-4-6-8-10-20-29-25(21-11-15-23(27)16-12-21)22-13-17-24(28)18-14-22/h21-25,29H,1-20,26-28H2. The van der Waals surface area contributed by atoms with Crippen LogP contribution >= 0.6 is 0 Å². The molecule has 2 aliphatic carbocycles. The van der Waals surface area contributed by atoms with Gasteiger partial charge in [0, 0.05) is 18.1 Å². The molecule has 4 nitrogen and oxygen atoms in total. The first-order valence-corrected chi connectivity index (χ1v) is 13.1. The van der Waals surface area contributed by atoms with Gasteiger partial charge in [-0.1, -0.05) is 51.4 Å². The van der Waals surface area contributed by atoms with E-state index < -0.39 is 0 Å². The van der Waals surface area contributed by atoms with Gasteiger partial charge in [-0.2, -0.15) is 0 Å². The van der Waals surface area contributed by atoms with Gasteiger partial charge in [0.15, 0.2) is 0 Å². The van der Waals surface area contributed by atoms with Crippen molar-refractivity contribution in [3.05, 3.63) is 0 Å². The number of hydrogen-bond donors (Lipinski definition) is 4. The topological polar surface area (TPSA) is 90.1 Å². The van der Waals surface area contributed by atoms with Gasteiger partial charge in [0.2, 0.25) is 0 Å². The zero-order chi connectivity index (χ0) is 20.7. The Morgan fingerprint density at radius 2 is 0.931 bits per heavy atom. The lowest BCUT2D eigenvalue weighted by molar-refractivity contribution is 0.160. The highest BCUT2D eigenvalue weighted by Crippen LogP contribution is 2.35. The molecule has 0 bridgehead atoms. The molecule has 0 aromatic carbocycles. The SMILES string of the molecule is NCCCCCCCCCCCCNC(C1CCC(N)CC1)C1CCC(N)CC1. The van der Waals surface area contributed by atoms with Crippen LogP contribution in [0.3, 0.4) is 0 Å². The lowest BCUT2D eigenvalue weighted by Gasteiger charge is -2.40. The Morgan fingerprint density at radius 3 is 1.34 bits per heavy atom. The highest BCUT2D eigenvalue weighted by atomic mass is 14.9. The molecule has 0 spiro atoms. The zero-order valence-electron chi connectivity index (χ0n) is 19.3. The molecule has 4 heteroatoms. The Kier molecular flexibility index (Phi) is 13.5. The van der Waals surface area contributed by atoms with Crippen molar-refractivity contribution in [1.29, 1.82) is 0 Å². The summed E-state index contributed by atoms with van der Waals surface area (Å²) in [5.41, 5.74) is 17.9. The fraction of sp³-hybridized carbons (Fsp3) is 1.00. The van der Waals surface area contributed by atoms with Crippen LogP contribution in [0.4, 0.5) is 0 Å². The molecular formula is C25H52N4. The first-order chi connectivity index (χ1) is 14.2. The Bertz CT molecular complexity index is 351. The molecule has 0 aromatic heterocycles. The van der Waals surface area contributed by atoms with E-state index in [1.165, 1.54) is 122 Å². The van der Waals surface area contributed by atoms with Gasteiger partial charge in [-0.3, -0.25) is 0 Å². The summed E-state index contributed by atoms with van der Waals surface area (Å²) in [5, 5.41) is 4.03. The minimum Gasteiger partial charge on any atom is -0.330 e. The van der Waals surface area contributed by atoms with Crippen LogP contribution in [0.15, 0.2) is 0 Å². The molecule has 0 saturated heterocycles. The van der Waals surface area contributed by atoms with E-state index >= 15 is 0 Å². The number of unbranched alkanes of at least 4 members (excludes halogenated alkanes) is 9. The Labute approximate surface area is 181 Å². The monoisotopic (exact) mass is 408 g/mol. The molecule has 0 radical (unpaired) electrons. The van der Waals surface area contributed by atoms with E-state index in [9.17, 15) is 0 Å². The summed E-state index contributed by atoms with van der Waals surface area (Å²) in [5.74, 6) is 1.68. The molecule has 0 heterocycles. The van der Waals surface area contributed by atoms with Crippen LogP contribution in [-0.2, 0) is 0 Å². The Balaban J connectivity index is 1.56. The quantitative estimate of drug-likeness (QED) is 0.292. The van der Waals surface area contributed by atoms with Crippen LogP contribution in [0.1, 0.15) is 116 Å². The molecule has 2 rings (SSSR count). The second-order valence-electron chi connectivity index (χ2n) is 10.2. The van der Waals surface area contributed by atoms with Gasteiger partial charge in [0.25, 0.3) is 0 Å². The maximum absolute atomic E-state index is 6.17. The van der Waals surface area contributed by atoms with E-state index in [1.54, 1.807) is 0 Å². The molecule has 0 amide bonds. The van der Waals surface area contributed by atoms with E-state index in [0.717, 1.165) is 18.4 Å². The van der Waals surface area contributed by atoms with Gasteiger partial charge >= 0.3 is 0 Å². The van der Waals surface area contributed by atoms with E-state index in [2.05, 4.69) is 5.32 Å². The fourth-order valence-electron chi connectivity index (χ4n) is 5.68. The first kappa shape index (κ1) is 25.1. The van der Waals surface area contributed by atoms with Crippen molar-refractivity contribution in [2.45, 2.75) is 134 Å². The molecule has 0 unspecified atom stereocenters. The van der Waals surface area contributed by atoms with E-state index in [-0.39, 0.29) is 0 Å². The number of rotatable bonds is 15. The second kappa shape index (κ2) is 15.6. The number of hydrogen-bond acceptors (Lipinski definition) is 4. The van der Waals surface area contributed by atoms with Crippen molar-refractivity contribution in [2.75, 3.05) is 13.1 Å².